The second-order valence-corrected chi connectivity index (χ2v) is 6.89. The molecule has 0 spiro atoms. The minimum atomic E-state index is -0.250. The fourth-order valence-electron chi connectivity index (χ4n) is 2.38. The monoisotopic (exact) mass is 372 g/mol. The Morgan fingerprint density at radius 1 is 1.24 bits per heavy atom. The molecule has 3 rings (SSSR count). The van der Waals surface area contributed by atoms with Crippen LogP contribution in [0.25, 0.3) is 11.3 Å². The van der Waals surface area contributed by atoms with Crippen LogP contribution in [0.4, 0.5) is 5.13 Å². The Morgan fingerprint density at radius 2 is 2.04 bits per heavy atom. The van der Waals surface area contributed by atoms with E-state index in [9.17, 15) is 4.79 Å². The van der Waals surface area contributed by atoms with Crippen molar-refractivity contribution >= 4 is 34.0 Å². The van der Waals surface area contributed by atoms with E-state index < -0.39 is 0 Å². The number of benzene rings is 2. The number of rotatable bonds is 5. The summed E-state index contributed by atoms with van der Waals surface area (Å²) in [6, 6.07) is 13.3. The lowest BCUT2D eigenvalue weighted by Gasteiger charge is -2.09. The number of aryl methyl sites for hydroxylation is 2. The van der Waals surface area contributed by atoms with Crippen molar-refractivity contribution in [2.75, 3.05) is 11.9 Å². The SMILES string of the molecule is Cc1ccc(OCC(=O)Nc2nc(-c3ccccc3Cl)cs2)c(C)c1. The molecule has 3 aromatic rings. The largest absolute Gasteiger partial charge is 0.483 e. The van der Waals surface area contributed by atoms with Crippen LogP contribution < -0.4 is 10.1 Å². The molecule has 0 aliphatic heterocycles. The van der Waals surface area contributed by atoms with Crippen molar-refractivity contribution in [1.29, 1.82) is 0 Å². The number of aromatic nitrogens is 1. The Bertz CT molecular complexity index is 908. The lowest BCUT2D eigenvalue weighted by Crippen LogP contribution is -2.20. The van der Waals surface area contributed by atoms with Gasteiger partial charge in [-0.1, -0.05) is 47.5 Å². The van der Waals surface area contributed by atoms with Crippen LogP contribution in [0.2, 0.25) is 5.02 Å². The first-order valence-electron chi connectivity index (χ1n) is 7.73. The molecule has 0 radical (unpaired) electrons. The lowest BCUT2D eigenvalue weighted by atomic mass is 10.1. The highest BCUT2D eigenvalue weighted by Gasteiger charge is 2.11. The number of carbonyl (C=O) groups is 1. The summed E-state index contributed by atoms with van der Waals surface area (Å²) in [5.41, 5.74) is 3.74. The van der Waals surface area contributed by atoms with Crippen LogP contribution in [0.3, 0.4) is 0 Å². The summed E-state index contributed by atoms with van der Waals surface area (Å²) in [5, 5.41) is 5.76. The van der Waals surface area contributed by atoms with Gasteiger partial charge >= 0.3 is 0 Å². The molecule has 0 saturated carbocycles. The highest BCUT2D eigenvalue weighted by atomic mass is 35.5. The van der Waals surface area contributed by atoms with Crippen LogP contribution in [-0.4, -0.2) is 17.5 Å². The summed E-state index contributed by atoms with van der Waals surface area (Å²) in [6.45, 7) is 3.91. The van der Waals surface area contributed by atoms with E-state index in [2.05, 4.69) is 10.3 Å². The predicted octanol–water partition coefficient (Wildman–Crippen LogP) is 5.10. The molecule has 25 heavy (non-hydrogen) atoms. The molecule has 6 heteroatoms. The molecule has 128 valence electrons. The Morgan fingerprint density at radius 3 is 2.80 bits per heavy atom. The molecule has 0 bridgehead atoms. The van der Waals surface area contributed by atoms with Gasteiger partial charge in [-0.05, 0) is 31.5 Å². The maximum Gasteiger partial charge on any atom is 0.264 e. The molecule has 2 aromatic carbocycles. The number of anilines is 1. The van der Waals surface area contributed by atoms with Crippen LogP contribution in [-0.2, 0) is 4.79 Å². The molecule has 1 aromatic heterocycles. The number of carbonyl (C=O) groups excluding carboxylic acids is 1. The van der Waals surface area contributed by atoms with Crippen molar-refractivity contribution in [3.05, 3.63) is 64.0 Å². The number of thiazole rings is 1. The van der Waals surface area contributed by atoms with Gasteiger partial charge in [-0.2, -0.15) is 0 Å². The van der Waals surface area contributed by atoms with Crippen molar-refractivity contribution in [2.24, 2.45) is 0 Å². The van der Waals surface area contributed by atoms with Crippen molar-refractivity contribution < 1.29 is 9.53 Å². The Labute approximate surface area is 155 Å². The normalized spacial score (nSPS) is 10.5. The zero-order chi connectivity index (χ0) is 17.8. The average Bonchev–Trinajstić information content (AvgIpc) is 3.02. The van der Waals surface area contributed by atoms with E-state index in [1.807, 2.05) is 61.7 Å². The van der Waals surface area contributed by atoms with Gasteiger partial charge in [-0.15, -0.1) is 11.3 Å². The average molecular weight is 373 g/mol. The van der Waals surface area contributed by atoms with Crippen molar-refractivity contribution in [1.82, 2.24) is 4.98 Å². The standard InChI is InChI=1S/C19H17ClN2O2S/c1-12-7-8-17(13(2)9-12)24-10-18(23)22-19-21-16(11-25-19)14-5-3-4-6-15(14)20/h3-9,11H,10H2,1-2H3,(H,21,22,23). The highest BCUT2D eigenvalue weighted by Crippen LogP contribution is 2.30. The van der Waals surface area contributed by atoms with Crippen molar-refractivity contribution in [3.8, 4) is 17.0 Å². The molecule has 1 heterocycles. The van der Waals surface area contributed by atoms with E-state index in [0.717, 1.165) is 22.4 Å². The van der Waals surface area contributed by atoms with Crippen LogP contribution in [0, 0.1) is 13.8 Å². The van der Waals surface area contributed by atoms with Gasteiger partial charge in [0.2, 0.25) is 0 Å². The number of hydrogen-bond donors (Lipinski definition) is 1. The summed E-state index contributed by atoms with van der Waals surface area (Å²) in [6.07, 6.45) is 0. The molecule has 0 atom stereocenters. The maximum atomic E-state index is 12.1. The number of amides is 1. The molecule has 0 aliphatic rings. The molecular weight excluding hydrogens is 356 g/mol. The van der Waals surface area contributed by atoms with E-state index in [1.54, 1.807) is 0 Å². The van der Waals surface area contributed by atoms with Gasteiger partial charge in [0.25, 0.3) is 5.91 Å². The molecule has 1 N–H and O–H groups in total. The molecule has 0 aliphatic carbocycles. The smallest absolute Gasteiger partial charge is 0.264 e. The number of nitrogens with one attached hydrogen (secondary N) is 1. The third-order valence-electron chi connectivity index (χ3n) is 3.59. The summed E-state index contributed by atoms with van der Waals surface area (Å²) in [4.78, 5) is 16.5. The lowest BCUT2D eigenvalue weighted by molar-refractivity contribution is -0.118. The van der Waals surface area contributed by atoms with Gasteiger partial charge in [0, 0.05) is 16.0 Å². The first-order valence-corrected chi connectivity index (χ1v) is 8.99. The zero-order valence-electron chi connectivity index (χ0n) is 13.9. The fourth-order valence-corrected chi connectivity index (χ4v) is 3.34. The quantitative estimate of drug-likeness (QED) is 0.678. The summed E-state index contributed by atoms with van der Waals surface area (Å²) < 4.78 is 5.58. The number of nitrogens with zero attached hydrogens (tertiary/aromatic N) is 1. The van der Waals surface area contributed by atoms with Gasteiger partial charge in [0.15, 0.2) is 11.7 Å². The number of ether oxygens (including phenoxy) is 1. The van der Waals surface area contributed by atoms with Crippen LogP contribution in [0.5, 0.6) is 5.75 Å². The van der Waals surface area contributed by atoms with Crippen molar-refractivity contribution in [3.63, 3.8) is 0 Å². The van der Waals surface area contributed by atoms with Crippen molar-refractivity contribution in [2.45, 2.75) is 13.8 Å². The van der Waals surface area contributed by atoms with Crippen LogP contribution in [0.1, 0.15) is 11.1 Å². The van der Waals surface area contributed by atoms with E-state index in [4.69, 9.17) is 16.3 Å². The first kappa shape index (κ1) is 17.5. The molecule has 0 saturated heterocycles. The van der Waals surface area contributed by atoms with Gasteiger partial charge in [-0.3, -0.25) is 10.1 Å². The van der Waals surface area contributed by atoms with E-state index >= 15 is 0 Å². The van der Waals surface area contributed by atoms with Gasteiger partial charge < -0.3 is 4.74 Å². The van der Waals surface area contributed by atoms with E-state index in [-0.39, 0.29) is 12.5 Å². The first-order chi connectivity index (χ1) is 12.0. The third kappa shape index (κ3) is 4.38. The topological polar surface area (TPSA) is 51.2 Å². The van der Waals surface area contributed by atoms with Gasteiger partial charge in [0.05, 0.1) is 5.69 Å². The van der Waals surface area contributed by atoms with E-state index in [0.29, 0.717) is 15.9 Å². The Kier molecular flexibility index (Phi) is 5.36. The van der Waals surface area contributed by atoms with Gasteiger partial charge in [0.1, 0.15) is 5.75 Å². The zero-order valence-corrected chi connectivity index (χ0v) is 15.4. The second-order valence-electron chi connectivity index (χ2n) is 5.62. The second kappa shape index (κ2) is 7.68. The number of halogens is 1. The Balaban J connectivity index is 1.61. The maximum absolute atomic E-state index is 12.1. The van der Waals surface area contributed by atoms with E-state index in [1.165, 1.54) is 11.3 Å². The summed E-state index contributed by atoms with van der Waals surface area (Å²) >= 11 is 7.53. The minimum absolute atomic E-state index is 0.0646. The molecule has 1 amide bonds. The molecule has 0 unspecified atom stereocenters. The van der Waals surface area contributed by atoms with Crippen LogP contribution in [0.15, 0.2) is 47.8 Å². The summed E-state index contributed by atoms with van der Waals surface area (Å²) in [7, 11) is 0. The van der Waals surface area contributed by atoms with Gasteiger partial charge in [-0.25, -0.2) is 4.98 Å². The van der Waals surface area contributed by atoms with Crippen LogP contribution >= 0.6 is 22.9 Å². The highest BCUT2D eigenvalue weighted by molar-refractivity contribution is 7.14. The number of hydrogen-bond acceptors (Lipinski definition) is 4. The predicted molar refractivity (Wildman–Crippen MR) is 103 cm³/mol. The Hall–Kier alpha value is -2.37. The fraction of sp³-hybridized carbons (Fsp3) is 0.158. The summed E-state index contributed by atoms with van der Waals surface area (Å²) in [5.74, 6) is 0.455. The third-order valence-corrected chi connectivity index (χ3v) is 4.68. The molecule has 4 nitrogen and oxygen atoms in total. The molecular formula is C19H17ClN2O2S. The molecule has 0 fully saturated rings. The minimum Gasteiger partial charge on any atom is -0.483 e.